The number of hydrazine groups is 1. The Morgan fingerprint density at radius 2 is 1.40 bits per heavy atom. The zero-order valence-corrected chi connectivity index (χ0v) is 27.8. The Bertz CT molecular complexity index is 2090. The summed E-state index contributed by atoms with van der Waals surface area (Å²) in [6.07, 6.45) is -6.41. The van der Waals surface area contributed by atoms with Crippen LogP contribution in [0.5, 0.6) is 5.75 Å². The zero-order chi connectivity index (χ0) is 42.7. The SMILES string of the molecule is [2H]C1([2H])[C@H](C)O[C@H](C)C([2H])([2H])N1c1ccc(NN(C(=O)c2cccc(-c3ccc(OC(F)(F)F)cc3)c2C)c2ccc(N3C([2H])([2H])[C@H](C)O[C@H](C)C3([2H])[2H])nc2)cn1. The van der Waals surface area contributed by atoms with Gasteiger partial charge in [-0.05, 0) is 93.8 Å². The molecule has 0 saturated carbocycles. The average molecular weight is 699 g/mol. The van der Waals surface area contributed by atoms with Crippen molar-refractivity contribution in [3.63, 3.8) is 0 Å². The van der Waals surface area contributed by atoms with Crippen LogP contribution in [0.2, 0.25) is 0 Å². The van der Waals surface area contributed by atoms with Gasteiger partial charge in [0.1, 0.15) is 17.4 Å². The molecular weight excluding hydrogens is 649 g/mol. The molecule has 6 rings (SSSR count). The lowest BCUT2D eigenvalue weighted by atomic mass is 9.96. The maximum atomic E-state index is 14.6. The maximum Gasteiger partial charge on any atom is 0.573 e. The highest BCUT2D eigenvalue weighted by atomic mass is 19.4. The minimum absolute atomic E-state index is 0.0424. The van der Waals surface area contributed by atoms with Crippen molar-refractivity contribution in [3.8, 4) is 16.9 Å². The molecule has 2 aliphatic rings. The molecule has 4 aromatic rings. The number of halogens is 3. The third-order valence-corrected chi connectivity index (χ3v) is 7.66. The van der Waals surface area contributed by atoms with Crippen LogP contribution >= 0.6 is 0 Å². The van der Waals surface area contributed by atoms with Crippen LogP contribution in [0.4, 0.5) is 36.2 Å². The van der Waals surface area contributed by atoms with Gasteiger partial charge in [-0.2, -0.15) is 0 Å². The van der Waals surface area contributed by atoms with Gasteiger partial charge < -0.3 is 24.0 Å². The number of hydrogen-bond acceptors (Lipinski definition) is 9. The van der Waals surface area contributed by atoms with Crippen molar-refractivity contribution in [3.05, 3.63) is 90.3 Å². The molecule has 2 fully saturated rings. The summed E-state index contributed by atoms with van der Waals surface area (Å²) in [6.45, 7) is -1.59. The largest absolute Gasteiger partial charge is 0.573 e. The van der Waals surface area contributed by atoms with Crippen LogP contribution in [0.3, 0.4) is 0 Å². The Morgan fingerprint density at radius 3 is 1.90 bits per heavy atom. The number of hydrogen-bond donors (Lipinski definition) is 1. The molecule has 10 nitrogen and oxygen atoms in total. The lowest BCUT2D eigenvalue weighted by Crippen LogP contribution is -2.46. The lowest BCUT2D eigenvalue weighted by molar-refractivity contribution is -0.274. The summed E-state index contributed by atoms with van der Waals surface area (Å²) < 4.78 is 123. The maximum absolute atomic E-state index is 14.6. The summed E-state index contributed by atoms with van der Waals surface area (Å²) in [6, 6.07) is 15.7. The number of morpholine rings is 2. The molecule has 2 aliphatic heterocycles. The van der Waals surface area contributed by atoms with E-state index in [0.717, 1.165) is 26.9 Å². The topological polar surface area (TPSA) is 92.3 Å². The second-order valence-electron chi connectivity index (χ2n) is 11.6. The van der Waals surface area contributed by atoms with Crippen molar-refractivity contribution in [2.45, 2.75) is 65.4 Å². The molecule has 50 heavy (non-hydrogen) atoms. The fourth-order valence-electron chi connectivity index (χ4n) is 5.53. The number of rotatable bonds is 8. The molecule has 2 aromatic heterocycles. The van der Waals surface area contributed by atoms with E-state index in [9.17, 15) is 18.0 Å². The number of aromatic nitrogens is 2. The molecule has 13 heteroatoms. The third-order valence-electron chi connectivity index (χ3n) is 7.66. The van der Waals surface area contributed by atoms with Gasteiger partial charge in [0.15, 0.2) is 0 Å². The number of carbonyl (C=O) groups is 1. The number of benzene rings is 2. The molecule has 4 heterocycles. The van der Waals surface area contributed by atoms with Crippen molar-refractivity contribution in [1.82, 2.24) is 9.97 Å². The third kappa shape index (κ3) is 8.28. The van der Waals surface area contributed by atoms with Crippen molar-refractivity contribution < 1.29 is 43.1 Å². The first-order chi connectivity index (χ1) is 26.9. The van der Waals surface area contributed by atoms with Gasteiger partial charge in [-0.3, -0.25) is 10.2 Å². The van der Waals surface area contributed by atoms with E-state index in [1.807, 2.05) is 0 Å². The second-order valence-corrected chi connectivity index (χ2v) is 11.6. The number of nitrogens with one attached hydrogen (secondary N) is 1. The number of anilines is 4. The highest BCUT2D eigenvalue weighted by Gasteiger charge is 2.31. The van der Waals surface area contributed by atoms with Crippen molar-refractivity contribution in [2.24, 2.45) is 0 Å². The summed E-state index contributed by atoms with van der Waals surface area (Å²) >= 11 is 0. The monoisotopic (exact) mass is 698 g/mol. The fraction of sp³-hybridized carbons (Fsp3) is 0.378. The van der Waals surface area contributed by atoms with E-state index in [4.69, 9.17) is 20.4 Å². The van der Waals surface area contributed by atoms with Gasteiger partial charge in [0, 0.05) is 31.6 Å². The average Bonchev–Trinajstić information content (AvgIpc) is 3.13. The van der Waals surface area contributed by atoms with Gasteiger partial charge in [-0.15, -0.1) is 13.2 Å². The normalized spacial score (nSPS) is 27.5. The Balaban J connectivity index is 1.38. The van der Waals surface area contributed by atoms with Crippen LogP contribution in [-0.4, -0.2) is 72.6 Å². The van der Waals surface area contributed by atoms with Crippen LogP contribution < -0.4 is 25.0 Å². The fourth-order valence-corrected chi connectivity index (χ4v) is 5.53. The molecule has 2 aromatic carbocycles. The van der Waals surface area contributed by atoms with Gasteiger partial charge in [0.2, 0.25) is 0 Å². The van der Waals surface area contributed by atoms with E-state index in [-0.39, 0.29) is 28.6 Å². The molecule has 0 aliphatic carbocycles. The van der Waals surface area contributed by atoms with Crippen LogP contribution in [0.1, 0.15) is 54.6 Å². The summed E-state index contributed by atoms with van der Waals surface area (Å²) in [5.41, 5.74) is 4.96. The zero-order valence-electron chi connectivity index (χ0n) is 35.8. The highest BCUT2D eigenvalue weighted by molar-refractivity contribution is 6.09. The van der Waals surface area contributed by atoms with E-state index in [2.05, 4.69) is 20.1 Å². The van der Waals surface area contributed by atoms with Crippen molar-refractivity contribution in [1.29, 1.82) is 0 Å². The summed E-state index contributed by atoms with van der Waals surface area (Å²) in [4.78, 5) is 25.2. The predicted octanol–water partition coefficient (Wildman–Crippen LogP) is 7.25. The number of alkyl halides is 3. The quantitative estimate of drug-likeness (QED) is 0.191. The van der Waals surface area contributed by atoms with Gasteiger partial charge in [0.05, 0.1) is 59.2 Å². The molecular formula is C37H41F3N6O4. The molecule has 0 bridgehead atoms. The van der Waals surface area contributed by atoms with E-state index in [1.54, 1.807) is 25.1 Å². The minimum atomic E-state index is -4.87. The predicted molar refractivity (Wildman–Crippen MR) is 187 cm³/mol. The number of amides is 1. The Hall–Kier alpha value is -4.88. The van der Waals surface area contributed by atoms with Crippen LogP contribution in [0, 0.1) is 6.92 Å². The first-order valence-electron chi connectivity index (χ1n) is 19.8. The molecule has 0 unspecified atom stereocenters. The molecule has 2 saturated heterocycles. The Morgan fingerprint density at radius 1 is 0.840 bits per heavy atom. The molecule has 1 amide bonds. The molecule has 0 radical (unpaired) electrons. The molecule has 4 atom stereocenters. The smallest absolute Gasteiger partial charge is 0.406 e. The Kier molecular flexibility index (Phi) is 7.56. The standard InChI is InChI=1S/C37H41F3N6O4/c1-23-19-44(20-24(2)48-23)34-15-11-29(17-41-34)43-46(30-12-16-35(42-18-30)45-21-25(3)49-26(4)22-45)36(47)33-8-6-7-32(27(33)5)28-9-13-31(14-10-28)50-37(38,39)40/h6-18,23-26,43H,19-22H2,1-5H3/t23-,24+,25-,26+/i19D2,20D2,21D2,22D2. The first-order valence-corrected chi connectivity index (χ1v) is 15.8. The molecule has 1 N–H and O–H groups in total. The first kappa shape index (κ1) is 26.0. The van der Waals surface area contributed by atoms with Crippen molar-refractivity contribution >= 4 is 28.9 Å². The lowest BCUT2D eigenvalue weighted by Gasteiger charge is -2.36. The number of nitrogens with zero attached hydrogens (tertiary/aromatic N) is 5. The van der Waals surface area contributed by atoms with E-state index in [0.29, 0.717) is 16.7 Å². The second kappa shape index (κ2) is 14.5. The molecule has 0 spiro atoms. The number of carbonyl (C=O) groups excluding carboxylic acids is 1. The summed E-state index contributed by atoms with van der Waals surface area (Å²) in [5, 5.41) is 1.12. The van der Waals surface area contributed by atoms with Crippen molar-refractivity contribution in [2.75, 3.05) is 46.2 Å². The van der Waals surface area contributed by atoms with Crippen LogP contribution in [0.25, 0.3) is 11.1 Å². The summed E-state index contributed by atoms with van der Waals surface area (Å²) in [7, 11) is 0. The van der Waals surface area contributed by atoms with Crippen LogP contribution in [0.15, 0.2) is 79.1 Å². The Labute approximate surface area is 301 Å². The number of pyridine rings is 2. The molecule has 264 valence electrons. The number of ether oxygens (including phenoxy) is 3. The van der Waals surface area contributed by atoms with Crippen LogP contribution in [-0.2, 0) is 9.47 Å². The van der Waals surface area contributed by atoms with Gasteiger partial charge in [0.25, 0.3) is 5.91 Å². The van der Waals surface area contributed by atoms with Gasteiger partial charge >= 0.3 is 6.36 Å². The van der Waals surface area contributed by atoms with E-state index in [1.165, 1.54) is 76.5 Å². The van der Waals surface area contributed by atoms with Gasteiger partial charge in [-0.1, -0.05) is 24.3 Å². The summed E-state index contributed by atoms with van der Waals surface area (Å²) in [5.74, 6) is -1.18. The highest BCUT2D eigenvalue weighted by Crippen LogP contribution is 2.31. The van der Waals surface area contributed by atoms with Gasteiger partial charge in [-0.25, -0.2) is 15.0 Å². The van der Waals surface area contributed by atoms with E-state index >= 15 is 0 Å². The van der Waals surface area contributed by atoms with E-state index < -0.39 is 68.4 Å². The minimum Gasteiger partial charge on any atom is -0.406 e.